The summed E-state index contributed by atoms with van der Waals surface area (Å²) in [6.45, 7) is 2.43. The monoisotopic (exact) mass is 336 g/mol. The SMILES string of the molecule is CC(NC(=O)Nc1cc(C(F)(F)F)ccc1Cl)C1CCCO1. The number of amides is 2. The molecule has 2 amide bonds. The lowest BCUT2D eigenvalue weighted by Crippen LogP contribution is -2.43. The fourth-order valence-corrected chi connectivity index (χ4v) is 2.42. The van der Waals surface area contributed by atoms with E-state index in [2.05, 4.69) is 10.6 Å². The molecule has 122 valence electrons. The third-order valence-electron chi connectivity index (χ3n) is 3.42. The molecule has 0 spiro atoms. The van der Waals surface area contributed by atoms with Crippen LogP contribution in [0.15, 0.2) is 18.2 Å². The number of nitrogens with one attached hydrogen (secondary N) is 2. The first-order chi connectivity index (χ1) is 10.3. The molecule has 1 aliphatic heterocycles. The van der Waals surface area contributed by atoms with Crippen molar-refractivity contribution in [2.45, 2.75) is 38.1 Å². The third kappa shape index (κ3) is 4.27. The van der Waals surface area contributed by atoms with E-state index < -0.39 is 17.8 Å². The van der Waals surface area contributed by atoms with Gasteiger partial charge in [0.2, 0.25) is 0 Å². The van der Waals surface area contributed by atoms with E-state index in [1.54, 1.807) is 6.92 Å². The van der Waals surface area contributed by atoms with Crippen molar-refractivity contribution < 1.29 is 22.7 Å². The lowest BCUT2D eigenvalue weighted by Gasteiger charge is -2.20. The van der Waals surface area contributed by atoms with E-state index in [-0.39, 0.29) is 22.9 Å². The summed E-state index contributed by atoms with van der Waals surface area (Å²) in [5.74, 6) is 0. The average molecular weight is 337 g/mol. The highest BCUT2D eigenvalue weighted by Gasteiger charge is 2.31. The van der Waals surface area contributed by atoms with E-state index in [4.69, 9.17) is 16.3 Å². The van der Waals surface area contributed by atoms with Crippen molar-refractivity contribution in [1.82, 2.24) is 5.32 Å². The van der Waals surface area contributed by atoms with Crippen LogP contribution in [0.3, 0.4) is 0 Å². The molecule has 1 fully saturated rings. The zero-order chi connectivity index (χ0) is 16.3. The van der Waals surface area contributed by atoms with Gasteiger partial charge in [-0.2, -0.15) is 13.2 Å². The normalized spacial score (nSPS) is 19.8. The minimum absolute atomic E-state index is 0.0351. The van der Waals surface area contributed by atoms with E-state index >= 15 is 0 Å². The van der Waals surface area contributed by atoms with Crippen LogP contribution in [0.25, 0.3) is 0 Å². The number of alkyl halides is 3. The van der Waals surface area contributed by atoms with E-state index in [0.717, 1.165) is 31.0 Å². The van der Waals surface area contributed by atoms with Crippen molar-refractivity contribution in [3.63, 3.8) is 0 Å². The standard InChI is InChI=1S/C14H16ClF3N2O2/c1-8(12-3-2-6-22-12)19-13(21)20-11-7-9(14(16,17)18)4-5-10(11)15/h4-5,7-8,12H,2-3,6H2,1H3,(H2,19,20,21). The van der Waals surface area contributed by atoms with Gasteiger partial charge in [-0.15, -0.1) is 0 Å². The minimum Gasteiger partial charge on any atom is -0.376 e. The molecule has 0 bridgehead atoms. The summed E-state index contributed by atoms with van der Waals surface area (Å²) in [7, 11) is 0. The zero-order valence-corrected chi connectivity index (χ0v) is 12.6. The van der Waals surface area contributed by atoms with Gasteiger partial charge in [0, 0.05) is 6.61 Å². The van der Waals surface area contributed by atoms with Crippen LogP contribution in [0.2, 0.25) is 5.02 Å². The molecule has 2 rings (SSSR count). The molecule has 0 radical (unpaired) electrons. The predicted octanol–water partition coefficient (Wildman–Crippen LogP) is 4.05. The van der Waals surface area contributed by atoms with E-state index in [1.165, 1.54) is 0 Å². The molecule has 0 aliphatic carbocycles. The number of hydrogen-bond donors (Lipinski definition) is 2. The maximum absolute atomic E-state index is 12.7. The number of hydrogen-bond acceptors (Lipinski definition) is 2. The predicted molar refractivity (Wildman–Crippen MR) is 77.0 cm³/mol. The number of rotatable bonds is 3. The smallest absolute Gasteiger partial charge is 0.376 e. The van der Waals surface area contributed by atoms with E-state index in [9.17, 15) is 18.0 Å². The lowest BCUT2D eigenvalue weighted by molar-refractivity contribution is -0.137. The summed E-state index contributed by atoms with van der Waals surface area (Å²) in [6.07, 6.45) is -2.81. The minimum atomic E-state index is -4.50. The Hall–Kier alpha value is -1.47. The first kappa shape index (κ1) is 16.9. The van der Waals surface area contributed by atoms with Gasteiger partial charge >= 0.3 is 12.2 Å². The molecule has 2 atom stereocenters. The Kier molecular flexibility index (Phi) is 5.18. The number of benzene rings is 1. The molecule has 2 unspecified atom stereocenters. The van der Waals surface area contributed by atoms with E-state index in [0.29, 0.717) is 6.61 Å². The van der Waals surface area contributed by atoms with Crippen molar-refractivity contribution in [3.05, 3.63) is 28.8 Å². The summed E-state index contributed by atoms with van der Waals surface area (Å²) < 4.78 is 43.4. The van der Waals surface area contributed by atoms with Gasteiger partial charge in [0.05, 0.1) is 28.4 Å². The maximum atomic E-state index is 12.7. The molecule has 1 aromatic rings. The quantitative estimate of drug-likeness (QED) is 0.875. The molecule has 8 heteroatoms. The Bertz CT molecular complexity index is 545. The fraction of sp³-hybridized carbons (Fsp3) is 0.500. The summed E-state index contributed by atoms with van der Waals surface area (Å²) in [5, 5.41) is 5.02. The van der Waals surface area contributed by atoms with Crippen LogP contribution >= 0.6 is 11.6 Å². The molecule has 2 N–H and O–H groups in total. The molecule has 0 aromatic heterocycles. The highest BCUT2D eigenvalue weighted by molar-refractivity contribution is 6.33. The number of ether oxygens (including phenoxy) is 1. The lowest BCUT2D eigenvalue weighted by atomic mass is 10.1. The van der Waals surface area contributed by atoms with Crippen molar-refractivity contribution in [2.24, 2.45) is 0 Å². The summed E-state index contributed by atoms with van der Waals surface area (Å²) >= 11 is 5.82. The molecule has 22 heavy (non-hydrogen) atoms. The number of carbonyl (C=O) groups excluding carboxylic acids is 1. The molecule has 1 heterocycles. The Morgan fingerprint density at radius 3 is 2.77 bits per heavy atom. The highest BCUT2D eigenvalue weighted by atomic mass is 35.5. The zero-order valence-electron chi connectivity index (χ0n) is 11.8. The molecule has 1 aliphatic rings. The molecule has 4 nitrogen and oxygen atoms in total. The van der Waals surface area contributed by atoms with Crippen LogP contribution in [0, 0.1) is 0 Å². The van der Waals surface area contributed by atoms with Crippen LogP contribution in [0.1, 0.15) is 25.3 Å². The Labute approximate surface area is 131 Å². The first-order valence-corrected chi connectivity index (χ1v) is 7.21. The number of anilines is 1. The molecular weight excluding hydrogens is 321 g/mol. The Morgan fingerprint density at radius 2 is 2.18 bits per heavy atom. The average Bonchev–Trinajstić information content (AvgIpc) is 2.94. The second kappa shape index (κ2) is 6.75. The third-order valence-corrected chi connectivity index (χ3v) is 3.75. The van der Waals surface area contributed by atoms with Gasteiger partial charge in [-0.25, -0.2) is 4.79 Å². The summed E-state index contributed by atoms with van der Waals surface area (Å²) in [5.41, 5.74) is -0.965. The number of urea groups is 1. The van der Waals surface area contributed by atoms with Crippen LogP contribution < -0.4 is 10.6 Å². The van der Waals surface area contributed by atoms with Gasteiger partial charge in [0.15, 0.2) is 0 Å². The number of carbonyl (C=O) groups is 1. The van der Waals surface area contributed by atoms with Gasteiger partial charge in [0.1, 0.15) is 0 Å². The van der Waals surface area contributed by atoms with Gasteiger partial charge in [0.25, 0.3) is 0 Å². The van der Waals surface area contributed by atoms with Gasteiger partial charge in [-0.1, -0.05) is 11.6 Å². The molecule has 0 saturated carbocycles. The summed E-state index contributed by atoms with van der Waals surface area (Å²) in [4.78, 5) is 11.9. The molecular formula is C14H16ClF3N2O2. The van der Waals surface area contributed by atoms with Gasteiger partial charge in [-0.3, -0.25) is 0 Å². The maximum Gasteiger partial charge on any atom is 0.416 e. The van der Waals surface area contributed by atoms with Crippen molar-refractivity contribution in [1.29, 1.82) is 0 Å². The van der Waals surface area contributed by atoms with Gasteiger partial charge < -0.3 is 15.4 Å². The fourth-order valence-electron chi connectivity index (χ4n) is 2.25. The van der Waals surface area contributed by atoms with Crippen molar-refractivity contribution in [3.8, 4) is 0 Å². The van der Waals surface area contributed by atoms with Crippen LogP contribution in [0.4, 0.5) is 23.7 Å². The highest BCUT2D eigenvalue weighted by Crippen LogP contribution is 2.33. The van der Waals surface area contributed by atoms with Crippen molar-refractivity contribution in [2.75, 3.05) is 11.9 Å². The summed E-state index contributed by atoms with van der Waals surface area (Å²) in [6, 6.07) is 1.90. The van der Waals surface area contributed by atoms with Crippen LogP contribution in [-0.4, -0.2) is 24.8 Å². The molecule has 1 saturated heterocycles. The van der Waals surface area contributed by atoms with Crippen molar-refractivity contribution >= 4 is 23.3 Å². The first-order valence-electron chi connectivity index (χ1n) is 6.83. The Balaban J connectivity index is 2.01. The molecule has 1 aromatic carbocycles. The second-order valence-corrected chi connectivity index (χ2v) is 5.54. The Morgan fingerprint density at radius 1 is 1.45 bits per heavy atom. The van der Waals surface area contributed by atoms with Crippen LogP contribution in [0.5, 0.6) is 0 Å². The topological polar surface area (TPSA) is 50.4 Å². The van der Waals surface area contributed by atoms with Crippen LogP contribution in [-0.2, 0) is 10.9 Å². The van der Waals surface area contributed by atoms with Gasteiger partial charge in [-0.05, 0) is 38.0 Å². The van der Waals surface area contributed by atoms with E-state index in [1.807, 2.05) is 0 Å². The second-order valence-electron chi connectivity index (χ2n) is 5.13. The number of halogens is 4. The largest absolute Gasteiger partial charge is 0.416 e.